The van der Waals surface area contributed by atoms with Gasteiger partial charge in [0.2, 0.25) is 5.52 Å². The van der Waals surface area contributed by atoms with Gasteiger partial charge in [-0.25, -0.2) is 4.63 Å². The number of carboxylic acid groups (broad SMARTS) is 1. The number of fused-ring (bicyclic) bond motifs is 1. The predicted octanol–water partition coefficient (Wildman–Crippen LogP) is 2.58. The van der Waals surface area contributed by atoms with E-state index in [-0.39, 0.29) is 17.6 Å². The fourth-order valence-electron chi connectivity index (χ4n) is 2.12. The highest BCUT2D eigenvalue weighted by molar-refractivity contribution is 5.93. The van der Waals surface area contributed by atoms with Crippen LogP contribution in [0.5, 0.6) is 0 Å². The molecular weight excluding hydrogens is 292 g/mol. The molecule has 22 heavy (non-hydrogen) atoms. The van der Waals surface area contributed by atoms with Crippen LogP contribution in [0.4, 0.5) is 11.4 Å². The fourth-order valence-corrected chi connectivity index (χ4v) is 2.12. The first-order chi connectivity index (χ1) is 10.6. The maximum absolute atomic E-state index is 10.9. The Kier molecular flexibility index (Phi) is 5.23. The minimum absolute atomic E-state index is 0.122. The van der Waals surface area contributed by atoms with E-state index in [9.17, 15) is 14.9 Å². The summed E-state index contributed by atoms with van der Waals surface area (Å²) in [7, 11) is 0. The average molecular weight is 308 g/mol. The first kappa shape index (κ1) is 15.7. The SMILES string of the molecule is O=C(O)CCCCCCNc1ccc([N+](=O)[O-])c2nonc12. The molecule has 0 saturated heterocycles. The molecule has 0 spiro atoms. The third kappa shape index (κ3) is 3.90. The molecule has 2 rings (SSSR count). The molecule has 0 aliphatic rings. The molecule has 0 fully saturated rings. The molecule has 0 atom stereocenters. The number of aliphatic carboxylic acids is 1. The third-order valence-corrected chi connectivity index (χ3v) is 3.22. The Morgan fingerprint density at radius 3 is 2.68 bits per heavy atom. The van der Waals surface area contributed by atoms with E-state index in [2.05, 4.69) is 20.3 Å². The summed E-state index contributed by atoms with van der Waals surface area (Å²) >= 11 is 0. The summed E-state index contributed by atoms with van der Waals surface area (Å²) < 4.78 is 4.58. The summed E-state index contributed by atoms with van der Waals surface area (Å²) in [5, 5.41) is 29.8. The maximum atomic E-state index is 10.9. The van der Waals surface area contributed by atoms with E-state index in [1.165, 1.54) is 6.07 Å². The first-order valence-corrected chi connectivity index (χ1v) is 6.95. The molecule has 0 bridgehead atoms. The zero-order chi connectivity index (χ0) is 15.9. The number of nitro benzene ring substituents is 1. The molecule has 9 heteroatoms. The van der Waals surface area contributed by atoms with Gasteiger partial charge in [0.05, 0.1) is 10.6 Å². The summed E-state index contributed by atoms with van der Waals surface area (Å²) in [6, 6.07) is 2.94. The van der Waals surface area contributed by atoms with E-state index in [1.54, 1.807) is 6.07 Å². The number of hydrogen-bond donors (Lipinski definition) is 2. The van der Waals surface area contributed by atoms with Gasteiger partial charge in [0, 0.05) is 19.0 Å². The predicted molar refractivity (Wildman–Crippen MR) is 77.7 cm³/mol. The Morgan fingerprint density at radius 2 is 1.95 bits per heavy atom. The van der Waals surface area contributed by atoms with Gasteiger partial charge < -0.3 is 10.4 Å². The van der Waals surface area contributed by atoms with Crippen molar-refractivity contribution in [2.75, 3.05) is 11.9 Å². The minimum atomic E-state index is -0.773. The summed E-state index contributed by atoms with van der Waals surface area (Å²) in [5.41, 5.74) is 0.944. The number of unbranched alkanes of at least 4 members (excludes halogenated alkanes) is 3. The van der Waals surface area contributed by atoms with E-state index in [0.717, 1.165) is 19.3 Å². The summed E-state index contributed by atoms with van der Waals surface area (Å²) in [6.07, 6.45) is 3.50. The summed E-state index contributed by atoms with van der Waals surface area (Å²) in [5.74, 6) is -0.773. The average Bonchev–Trinajstić information content (AvgIpc) is 2.95. The molecule has 0 aliphatic carbocycles. The number of aromatic nitrogens is 2. The van der Waals surface area contributed by atoms with Crippen LogP contribution >= 0.6 is 0 Å². The van der Waals surface area contributed by atoms with Crippen molar-refractivity contribution in [2.24, 2.45) is 0 Å². The normalized spacial score (nSPS) is 10.7. The highest BCUT2D eigenvalue weighted by atomic mass is 16.6. The van der Waals surface area contributed by atoms with Crippen LogP contribution in [0.3, 0.4) is 0 Å². The van der Waals surface area contributed by atoms with Crippen LogP contribution in [0.15, 0.2) is 16.8 Å². The van der Waals surface area contributed by atoms with Crippen LogP contribution in [0.25, 0.3) is 11.0 Å². The Bertz CT molecular complexity index is 669. The van der Waals surface area contributed by atoms with Gasteiger partial charge in [-0.15, -0.1) is 0 Å². The highest BCUT2D eigenvalue weighted by Gasteiger charge is 2.19. The lowest BCUT2D eigenvalue weighted by molar-refractivity contribution is -0.383. The van der Waals surface area contributed by atoms with Crippen LogP contribution in [0.1, 0.15) is 32.1 Å². The van der Waals surface area contributed by atoms with Crippen molar-refractivity contribution >= 4 is 28.4 Å². The van der Waals surface area contributed by atoms with Crippen LogP contribution < -0.4 is 5.32 Å². The Labute approximate surface area is 125 Å². The van der Waals surface area contributed by atoms with E-state index >= 15 is 0 Å². The monoisotopic (exact) mass is 308 g/mol. The molecule has 0 unspecified atom stereocenters. The summed E-state index contributed by atoms with van der Waals surface area (Å²) in [6.45, 7) is 0.660. The highest BCUT2D eigenvalue weighted by Crippen LogP contribution is 2.28. The zero-order valence-corrected chi connectivity index (χ0v) is 11.8. The molecule has 1 heterocycles. The lowest BCUT2D eigenvalue weighted by Crippen LogP contribution is -2.03. The summed E-state index contributed by atoms with van der Waals surface area (Å²) in [4.78, 5) is 20.7. The van der Waals surface area contributed by atoms with Gasteiger partial charge in [-0.2, -0.15) is 0 Å². The van der Waals surface area contributed by atoms with Crippen molar-refractivity contribution in [3.8, 4) is 0 Å². The fraction of sp³-hybridized carbons (Fsp3) is 0.462. The molecule has 0 radical (unpaired) electrons. The van der Waals surface area contributed by atoms with Gasteiger partial charge in [-0.1, -0.05) is 12.8 Å². The Balaban J connectivity index is 1.85. The van der Waals surface area contributed by atoms with Crippen LogP contribution in [-0.4, -0.2) is 32.9 Å². The number of nitrogens with zero attached hydrogens (tertiary/aromatic N) is 3. The van der Waals surface area contributed by atoms with Crippen molar-refractivity contribution in [3.63, 3.8) is 0 Å². The van der Waals surface area contributed by atoms with Crippen LogP contribution in [-0.2, 0) is 4.79 Å². The second-order valence-electron chi connectivity index (χ2n) is 4.84. The van der Waals surface area contributed by atoms with Gasteiger partial charge in [0.25, 0.3) is 0 Å². The lowest BCUT2D eigenvalue weighted by atomic mass is 10.1. The molecule has 1 aromatic carbocycles. The standard InChI is InChI=1S/C13H16N4O5/c18-11(19)5-3-1-2-4-8-14-9-6-7-10(17(20)21)13-12(9)15-22-16-13/h6-7,14H,1-5,8H2,(H,18,19). The van der Waals surface area contributed by atoms with Gasteiger partial charge >= 0.3 is 11.7 Å². The molecule has 1 aromatic heterocycles. The second-order valence-corrected chi connectivity index (χ2v) is 4.84. The van der Waals surface area contributed by atoms with E-state index in [4.69, 9.17) is 5.11 Å². The largest absolute Gasteiger partial charge is 0.481 e. The van der Waals surface area contributed by atoms with E-state index < -0.39 is 10.9 Å². The molecule has 118 valence electrons. The molecular formula is C13H16N4O5. The molecule has 2 N–H and O–H groups in total. The number of carboxylic acids is 1. The number of benzene rings is 1. The van der Waals surface area contributed by atoms with E-state index in [1.807, 2.05) is 0 Å². The number of rotatable bonds is 9. The number of non-ortho nitro benzene ring substituents is 1. The minimum Gasteiger partial charge on any atom is -0.481 e. The van der Waals surface area contributed by atoms with Crippen molar-refractivity contribution in [1.82, 2.24) is 10.3 Å². The van der Waals surface area contributed by atoms with Crippen LogP contribution in [0.2, 0.25) is 0 Å². The number of carbonyl (C=O) groups is 1. The smallest absolute Gasteiger partial charge is 0.303 e. The van der Waals surface area contributed by atoms with Gasteiger partial charge in [-0.05, 0) is 29.2 Å². The van der Waals surface area contributed by atoms with Crippen molar-refractivity contribution in [2.45, 2.75) is 32.1 Å². The van der Waals surface area contributed by atoms with Crippen molar-refractivity contribution < 1.29 is 19.5 Å². The van der Waals surface area contributed by atoms with Crippen molar-refractivity contribution in [3.05, 3.63) is 22.2 Å². The van der Waals surface area contributed by atoms with Crippen LogP contribution in [0, 0.1) is 10.1 Å². The quantitative estimate of drug-likeness (QED) is 0.410. The lowest BCUT2D eigenvalue weighted by Gasteiger charge is -2.06. The number of hydrogen-bond acceptors (Lipinski definition) is 7. The number of nitro groups is 1. The zero-order valence-electron chi connectivity index (χ0n) is 11.8. The molecule has 0 amide bonds. The van der Waals surface area contributed by atoms with Gasteiger partial charge in [-0.3, -0.25) is 14.9 Å². The third-order valence-electron chi connectivity index (χ3n) is 3.22. The molecule has 2 aromatic rings. The van der Waals surface area contributed by atoms with E-state index in [0.29, 0.717) is 24.2 Å². The Hall–Kier alpha value is -2.71. The topological polar surface area (TPSA) is 131 Å². The van der Waals surface area contributed by atoms with Gasteiger partial charge in [0.1, 0.15) is 0 Å². The first-order valence-electron chi connectivity index (χ1n) is 6.95. The molecule has 0 aliphatic heterocycles. The Morgan fingerprint density at radius 1 is 1.23 bits per heavy atom. The van der Waals surface area contributed by atoms with Crippen molar-refractivity contribution in [1.29, 1.82) is 0 Å². The number of nitrogens with one attached hydrogen (secondary N) is 1. The van der Waals surface area contributed by atoms with Gasteiger partial charge in [0.15, 0.2) is 5.52 Å². The molecule has 9 nitrogen and oxygen atoms in total. The second kappa shape index (κ2) is 7.34. The maximum Gasteiger partial charge on any atom is 0.303 e. The number of anilines is 1. The molecule has 0 saturated carbocycles.